The third-order valence-electron chi connectivity index (χ3n) is 4.66. The summed E-state index contributed by atoms with van der Waals surface area (Å²) >= 11 is 0. The summed E-state index contributed by atoms with van der Waals surface area (Å²) in [5, 5.41) is 2.76. The summed E-state index contributed by atoms with van der Waals surface area (Å²) in [5.41, 5.74) is 5.65. The summed E-state index contributed by atoms with van der Waals surface area (Å²) in [6.45, 7) is 1.42. The Morgan fingerprint density at radius 3 is 2.60 bits per heavy atom. The fraction of sp³-hybridized carbons (Fsp3) is 0.867. The average molecular weight is 281 g/mol. The van der Waals surface area contributed by atoms with Crippen molar-refractivity contribution in [2.45, 2.75) is 57.4 Å². The molecule has 0 radical (unpaired) electrons. The molecule has 0 aromatic carbocycles. The van der Waals surface area contributed by atoms with Crippen LogP contribution in [0.15, 0.2) is 0 Å². The maximum atomic E-state index is 12.0. The topological polar surface area (TPSA) is 75.4 Å². The number of nitrogens with two attached hydrogens (primary N) is 1. The van der Waals surface area contributed by atoms with Crippen LogP contribution in [0.4, 0.5) is 0 Å². The van der Waals surface area contributed by atoms with Gasteiger partial charge in [0.2, 0.25) is 11.8 Å². The van der Waals surface area contributed by atoms with Gasteiger partial charge >= 0.3 is 0 Å². The molecule has 3 N–H and O–H groups in total. The highest BCUT2D eigenvalue weighted by atomic mass is 16.2. The minimum Gasteiger partial charge on any atom is -0.347 e. The van der Waals surface area contributed by atoms with E-state index in [9.17, 15) is 9.59 Å². The Hall–Kier alpha value is -1.10. The van der Waals surface area contributed by atoms with E-state index >= 15 is 0 Å². The van der Waals surface area contributed by atoms with E-state index in [0.717, 1.165) is 31.7 Å². The quantitative estimate of drug-likeness (QED) is 0.763. The van der Waals surface area contributed by atoms with Crippen LogP contribution in [0.3, 0.4) is 0 Å². The van der Waals surface area contributed by atoms with Gasteiger partial charge in [0.25, 0.3) is 0 Å². The van der Waals surface area contributed by atoms with Crippen LogP contribution < -0.4 is 11.1 Å². The van der Waals surface area contributed by atoms with Crippen molar-refractivity contribution >= 4 is 11.8 Å². The maximum Gasteiger partial charge on any atom is 0.242 e. The molecule has 1 atom stereocenters. The van der Waals surface area contributed by atoms with E-state index in [1.54, 1.807) is 0 Å². The number of nitrogens with zero attached hydrogens (tertiary/aromatic N) is 1. The molecular formula is C15H27N3O2. The number of carbonyl (C=O) groups is 2. The fourth-order valence-electron chi connectivity index (χ4n) is 3.41. The molecule has 2 amide bonds. The van der Waals surface area contributed by atoms with Gasteiger partial charge in [-0.3, -0.25) is 9.59 Å². The third-order valence-corrected chi connectivity index (χ3v) is 4.66. The van der Waals surface area contributed by atoms with Crippen LogP contribution >= 0.6 is 0 Å². The van der Waals surface area contributed by atoms with Crippen molar-refractivity contribution in [2.24, 2.45) is 11.7 Å². The van der Waals surface area contributed by atoms with Crippen LogP contribution in [-0.4, -0.2) is 42.4 Å². The molecule has 20 heavy (non-hydrogen) atoms. The lowest BCUT2D eigenvalue weighted by atomic mass is 10.0. The van der Waals surface area contributed by atoms with Gasteiger partial charge in [-0.25, -0.2) is 0 Å². The van der Waals surface area contributed by atoms with Crippen LogP contribution in [0.25, 0.3) is 0 Å². The first-order valence-electron chi connectivity index (χ1n) is 7.97. The Morgan fingerprint density at radius 1 is 1.15 bits per heavy atom. The molecule has 1 aliphatic carbocycles. The van der Waals surface area contributed by atoms with Crippen molar-refractivity contribution in [3.63, 3.8) is 0 Å². The average Bonchev–Trinajstić information content (AvgIpc) is 3.12. The second-order valence-electron chi connectivity index (χ2n) is 6.08. The van der Waals surface area contributed by atoms with E-state index in [2.05, 4.69) is 5.32 Å². The molecular weight excluding hydrogens is 254 g/mol. The second kappa shape index (κ2) is 7.62. The van der Waals surface area contributed by atoms with E-state index < -0.39 is 0 Å². The first-order valence-corrected chi connectivity index (χ1v) is 7.97. The van der Waals surface area contributed by atoms with Crippen LogP contribution in [-0.2, 0) is 9.59 Å². The molecule has 1 aliphatic heterocycles. The summed E-state index contributed by atoms with van der Waals surface area (Å²) < 4.78 is 0. The van der Waals surface area contributed by atoms with E-state index in [1.807, 2.05) is 4.90 Å². The van der Waals surface area contributed by atoms with E-state index in [4.69, 9.17) is 5.73 Å². The van der Waals surface area contributed by atoms with Crippen molar-refractivity contribution in [3.8, 4) is 0 Å². The van der Waals surface area contributed by atoms with E-state index in [-0.39, 0.29) is 24.4 Å². The summed E-state index contributed by atoms with van der Waals surface area (Å²) in [6.07, 6.45) is 8.66. The zero-order valence-electron chi connectivity index (χ0n) is 12.3. The van der Waals surface area contributed by atoms with Gasteiger partial charge in [0.1, 0.15) is 0 Å². The van der Waals surface area contributed by atoms with Gasteiger partial charge in [-0.05, 0) is 25.2 Å². The predicted molar refractivity (Wildman–Crippen MR) is 78.0 cm³/mol. The zero-order valence-corrected chi connectivity index (χ0v) is 12.3. The molecule has 0 spiro atoms. The fourth-order valence-corrected chi connectivity index (χ4v) is 3.41. The normalized spacial score (nSPS) is 23.2. The molecule has 2 aliphatic rings. The van der Waals surface area contributed by atoms with Gasteiger partial charge in [-0.1, -0.05) is 25.7 Å². The van der Waals surface area contributed by atoms with Crippen LogP contribution in [0, 0.1) is 5.92 Å². The largest absolute Gasteiger partial charge is 0.347 e. The standard InChI is InChI=1S/C15H27N3O2/c16-10-13-6-3-9-18(13)15(20)11-17-14(19)8-7-12-4-1-2-5-12/h12-13H,1-11,16H2,(H,17,19). The minimum atomic E-state index is 0.00664. The number of likely N-dealkylation sites (tertiary alicyclic amines) is 1. The summed E-state index contributed by atoms with van der Waals surface area (Å²) in [4.78, 5) is 25.6. The van der Waals surface area contributed by atoms with Gasteiger partial charge in [-0.2, -0.15) is 0 Å². The summed E-state index contributed by atoms with van der Waals surface area (Å²) in [5.74, 6) is 0.734. The van der Waals surface area contributed by atoms with Crippen LogP contribution in [0.5, 0.6) is 0 Å². The Morgan fingerprint density at radius 2 is 1.90 bits per heavy atom. The lowest BCUT2D eigenvalue weighted by molar-refractivity contribution is -0.133. The Balaban J connectivity index is 1.63. The molecule has 0 bridgehead atoms. The highest BCUT2D eigenvalue weighted by molar-refractivity contribution is 5.85. The van der Waals surface area contributed by atoms with Crippen LogP contribution in [0.2, 0.25) is 0 Å². The monoisotopic (exact) mass is 281 g/mol. The number of carbonyl (C=O) groups excluding carboxylic acids is 2. The van der Waals surface area contributed by atoms with Crippen molar-refractivity contribution in [2.75, 3.05) is 19.6 Å². The van der Waals surface area contributed by atoms with Gasteiger partial charge in [0.05, 0.1) is 6.54 Å². The minimum absolute atomic E-state index is 0.00664. The first kappa shape index (κ1) is 15.3. The molecule has 1 unspecified atom stereocenters. The molecule has 2 rings (SSSR count). The highest BCUT2D eigenvalue weighted by Crippen LogP contribution is 2.28. The molecule has 5 nitrogen and oxygen atoms in total. The van der Waals surface area contributed by atoms with Crippen molar-refractivity contribution < 1.29 is 9.59 Å². The molecule has 2 fully saturated rings. The van der Waals surface area contributed by atoms with Gasteiger partial charge < -0.3 is 16.0 Å². The molecule has 114 valence electrons. The van der Waals surface area contributed by atoms with Crippen molar-refractivity contribution in [1.29, 1.82) is 0 Å². The smallest absolute Gasteiger partial charge is 0.242 e. The van der Waals surface area contributed by atoms with Gasteiger partial charge in [-0.15, -0.1) is 0 Å². The predicted octanol–water partition coefficient (Wildman–Crippen LogP) is 1.02. The number of rotatable bonds is 6. The Bertz CT molecular complexity index is 340. The Kier molecular flexibility index (Phi) is 5.83. The number of nitrogens with one attached hydrogen (secondary N) is 1. The SMILES string of the molecule is NCC1CCCN1C(=O)CNC(=O)CCC1CCCC1. The lowest BCUT2D eigenvalue weighted by Crippen LogP contribution is -2.45. The Labute approximate surface area is 121 Å². The van der Waals surface area contributed by atoms with Crippen molar-refractivity contribution in [1.82, 2.24) is 10.2 Å². The summed E-state index contributed by atoms with van der Waals surface area (Å²) in [7, 11) is 0. The summed E-state index contributed by atoms with van der Waals surface area (Å²) in [6, 6.07) is 0.165. The van der Waals surface area contributed by atoms with Crippen LogP contribution in [0.1, 0.15) is 51.4 Å². The molecule has 1 saturated carbocycles. The van der Waals surface area contributed by atoms with Gasteiger partial charge in [0, 0.05) is 25.6 Å². The number of hydrogen-bond donors (Lipinski definition) is 2. The molecule has 1 saturated heterocycles. The van der Waals surface area contributed by atoms with Gasteiger partial charge in [0.15, 0.2) is 0 Å². The second-order valence-corrected chi connectivity index (χ2v) is 6.08. The zero-order chi connectivity index (χ0) is 14.4. The molecule has 5 heteroatoms. The third kappa shape index (κ3) is 4.20. The number of hydrogen-bond acceptors (Lipinski definition) is 3. The highest BCUT2D eigenvalue weighted by Gasteiger charge is 2.27. The maximum absolute atomic E-state index is 12.0. The first-order chi connectivity index (χ1) is 9.70. The van der Waals surface area contributed by atoms with Crippen molar-refractivity contribution in [3.05, 3.63) is 0 Å². The molecule has 0 aromatic heterocycles. The number of amides is 2. The van der Waals surface area contributed by atoms with E-state index in [0.29, 0.717) is 13.0 Å². The lowest BCUT2D eigenvalue weighted by Gasteiger charge is -2.23. The molecule has 0 aromatic rings. The molecule has 1 heterocycles. The van der Waals surface area contributed by atoms with E-state index in [1.165, 1.54) is 25.7 Å².